The van der Waals surface area contributed by atoms with E-state index in [-0.39, 0.29) is 0 Å². The van der Waals surface area contributed by atoms with Gasteiger partial charge in [-0.3, -0.25) is 4.99 Å². The maximum absolute atomic E-state index is 4.35. The van der Waals surface area contributed by atoms with Gasteiger partial charge in [0.25, 0.3) is 0 Å². The molecule has 0 aliphatic carbocycles. The molecular formula is C18H22N2. The molecule has 1 aliphatic heterocycles. The van der Waals surface area contributed by atoms with E-state index >= 15 is 0 Å². The third-order valence-corrected chi connectivity index (χ3v) is 3.13. The number of nitrogens with zero attached hydrogens (tertiary/aromatic N) is 1. The van der Waals surface area contributed by atoms with E-state index in [9.17, 15) is 0 Å². The zero-order valence-corrected chi connectivity index (χ0v) is 11.8. The van der Waals surface area contributed by atoms with Gasteiger partial charge in [-0.15, -0.1) is 0 Å². The van der Waals surface area contributed by atoms with Crippen LogP contribution in [0.5, 0.6) is 0 Å². The summed E-state index contributed by atoms with van der Waals surface area (Å²) in [5, 5.41) is 3.28. The number of hydrogen-bond acceptors (Lipinski definition) is 2. The fourth-order valence-electron chi connectivity index (χ4n) is 2.00. The number of nitrogens with one attached hydrogen (secondary N) is 1. The monoisotopic (exact) mass is 266 g/mol. The lowest BCUT2D eigenvalue weighted by molar-refractivity contribution is 0.520. The first-order chi connectivity index (χ1) is 9.95. The van der Waals surface area contributed by atoms with Crippen LogP contribution >= 0.6 is 0 Å². The first-order valence-corrected chi connectivity index (χ1v) is 7.30. The molecule has 104 valence electrons. The van der Waals surface area contributed by atoms with Crippen LogP contribution in [0, 0.1) is 0 Å². The number of piperidine rings is 1. The van der Waals surface area contributed by atoms with Gasteiger partial charge in [-0.2, -0.15) is 0 Å². The number of hydrogen-bond donors (Lipinski definition) is 1. The van der Waals surface area contributed by atoms with Crippen LogP contribution in [-0.4, -0.2) is 19.3 Å². The molecule has 1 heterocycles. The molecule has 1 aliphatic rings. The molecule has 2 nitrogen and oxygen atoms in total. The molecule has 0 atom stereocenters. The van der Waals surface area contributed by atoms with Gasteiger partial charge in [0.15, 0.2) is 0 Å². The fourth-order valence-corrected chi connectivity index (χ4v) is 2.00. The van der Waals surface area contributed by atoms with E-state index in [0.29, 0.717) is 0 Å². The minimum atomic E-state index is 0.983. The zero-order valence-electron chi connectivity index (χ0n) is 11.8. The standard InChI is InChI=1S/C13H11N.C5H11N/c1-3-7-12(8-4-1)11-14-13-9-5-2-6-10-13;1-2-4-6-5-3-1/h1-11H;6H,1-5H2/b14-11+;. The molecule has 0 bridgehead atoms. The van der Waals surface area contributed by atoms with Crippen molar-refractivity contribution < 1.29 is 0 Å². The Morgan fingerprint density at radius 3 is 1.85 bits per heavy atom. The van der Waals surface area contributed by atoms with Gasteiger partial charge in [0, 0.05) is 6.21 Å². The van der Waals surface area contributed by atoms with Crippen LogP contribution in [-0.2, 0) is 0 Å². The second kappa shape index (κ2) is 9.05. The van der Waals surface area contributed by atoms with Crippen LogP contribution in [0.15, 0.2) is 65.7 Å². The zero-order chi connectivity index (χ0) is 13.9. The molecule has 0 spiro atoms. The van der Waals surface area contributed by atoms with Crippen LogP contribution in [0.1, 0.15) is 24.8 Å². The van der Waals surface area contributed by atoms with Crippen molar-refractivity contribution in [3.05, 3.63) is 66.2 Å². The quantitative estimate of drug-likeness (QED) is 0.810. The van der Waals surface area contributed by atoms with Gasteiger partial charge >= 0.3 is 0 Å². The Bertz CT molecular complexity index is 434. The van der Waals surface area contributed by atoms with E-state index in [1.165, 1.54) is 32.4 Å². The summed E-state index contributed by atoms with van der Waals surface area (Å²) in [4.78, 5) is 4.35. The Morgan fingerprint density at radius 1 is 0.750 bits per heavy atom. The van der Waals surface area contributed by atoms with E-state index in [0.717, 1.165) is 11.3 Å². The molecule has 20 heavy (non-hydrogen) atoms. The largest absolute Gasteiger partial charge is 0.317 e. The molecule has 0 unspecified atom stereocenters. The summed E-state index contributed by atoms with van der Waals surface area (Å²) in [6.07, 6.45) is 6.09. The first-order valence-electron chi connectivity index (χ1n) is 7.30. The van der Waals surface area contributed by atoms with Gasteiger partial charge in [-0.25, -0.2) is 0 Å². The summed E-state index contributed by atoms with van der Waals surface area (Å²) >= 11 is 0. The Kier molecular flexibility index (Phi) is 6.55. The van der Waals surface area contributed by atoms with Crippen molar-refractivity contribution in [1.82, 2.24) is 5.32 Å². The number of aliphatic imine (C=N–C) groups is 1. The lowest BCUT2D eigenvalue weighted by Gasteiger charge is -2.08. The van der Waals surface area contributed by atoms with Crippen molar-refractivity contribution in [2.45, 2.75) is 19.3 Å². The first kappa shape index (κ1) is 14.5. The summed E-state index contributed by atoms with van der Waals surface area (Å²) < 4.78 is 0. The molecule has 1 N–H and O–H groups in total. The molecule has 0 aromatic heterocycles. The van der Waals surface area contributed by atoms with Crippen LogP contribution in [0.3, 0.4) is 0 Å². The van der Waals surface area contributed by atoms with Crippen LogP contribution in [0.25, 0.3) is 0 Å². The molecule has 1 fully saturated rings. The molecule has 1 saturated heterocycles. The Hall–Kier alpha value is -1.93. The van der Waals surface area contributed by atoms with E-state index < -0.39 is 0 Å². The second-order valence-corrected chi connectivity index (χ2v) is 4.82. The van der Waals surface area contributed by atoms with E-state index in [1.807, 2.05) is 66.9 Å². The lowest BCUT2D eigenvalue weighted by atomic mass is 10.2. The highest BCUT2D eigenvalue weighted by molar-refractivity contribution is 5.81. The fraction of sp³-hybridized carbons (Fsp3) is 0.278. The van der Waals surface area contributed by atoms with Crippen molar-refractivity contribution in [3.63, 3.8) is 0 Å². The van der Waals surface area contributed by atoms with Gasteiger partial charge in [0.05, 0.1) is 5.69 Å². The predicted octanol–water partition coefficient (Wildman–Crippen LogP) is 4.20. The number of para-hydroxylation sites is 1. The topological polar surface area (TPSA) is 24.4 Å². The normalized spacial score (nSPS) is 14.6. The minimum Gasteiger partial charge on any atom is -0.317 e. The highest BCUT2D eigenvalue weighted by atomic mass is 14.9. The summed E-state index contributed by atoms with van der Waals surface area (Å²) in [6.45, 7) is 2.50. The lowest BCUT2D eigenvalue weighted by Crippen LogP contribution is -2.21. The predicted molar refractivity (Wildman–Crippen MR) is 86.9 cm³/mol. The third-order valence-electron chi connectivity index (χ3n) is 3.13. The summed E-state index contributed by atoms with van der Waals surface area (Å²) in [5.74, 6) is 0. The Labute approximate surface area is 121 Å². The molecule has 0 radical (unpaired) electrons. The number of benzene rings is 2. The van der Waals surface area contributed by atoms with Gasteiger partial charge in [-0.05, 0) is 43.6 Å². The van der Waals surface area contributed by atoms with Gasteiger partial charge in [-0.1, -0.05) is 55.0 Å². The highest BCUT2D eigenvalue weighted by Gasteiger charge is 1.93. The average molecular weight is 266 g/mol. The SMILES string of the molecule is C(=N\c1ccccc1)/c1ccccc1.C1CCNCC1. The summed E-state index contributed by atoms with van der Waals surface area (Å²) in [6, 6.07) is 20.0. The van der Waals surface area contributed by atoms with Crippen molar-refractivity contribution in [2.75, 3.05) is 13.1 Å². The van der Waals surface area contributed by atoms with Crippen molar-refractivity contribution in [3.8, 4) is 0 Å². The van der Waals surface area contributed by atoms with Crippen LogP contribution in [0.2, 0.25) is 0 Å². The van der Waals surface area contributed by atoms with Gasteiger partial charge < -0.3 is 5.32 Å². The van der Waals surface area contributed by atoms with E-state index in [1.54, 1.807) is 0 Å². The van der Waals surface area contributed by atoms with E-state index in [2.05, 4.69) is 10.3 Å². The molecule has 2 aromatic rings. The third kappa shape index (κ3) is 5.81. The molecule has 2 aromatic carbocycles. The van der Waals surface area contributed by atoms with Crippen molar-refractivity contribution in [1.29, 1.82) is 0 Å². The molecule has 0 amide bonds. The van der Waals surface area contributed by atoms with Crippen LogP contribution in [0.4, 0.5) is 5.69 Å². The second-order valence-electron chi connectivity index (χ2n) is 4.82. The smallest absolute Gasteiger partial charge is 0.0629 e. The molecule has 2 heteroatoms. The number of rotatable bonds is 2. The van der Waals surface area contributed by atoms with Gasteiger partial charge in [0.2, 0.25) is 0 Å². The summed E-state index contributed by atoms with van der Waals surface area (Å²) in [5.41, 5.74) is 2.10. The highest BCUT2D eigenvalue weighted by Crippen LogP contribution is 2.09. The average Bonchev–Trinajstić information content (AvgIpc) is 2.57. The maximum Gasteiger partial charge on any atom is 0.0629 e. The summed E-state index contributed by atoms with van der Waals surface area (Å²) in [7, 11) is 0. The Balaban J connectivity index is 0.000000205. The Morgan fingerprint density at radius 2 is 1.35 bits per heavy atom. The van der Waals surface area contributed by atoms with Crippen LogP contribution < -0.4 is 5.32 Å². The molecule has 0 saturated carbocycles. The molecule has 3 rings (SSSR count). The maximum atomic E-state index is 4.35. The molecular weight excluding hydrogens is 244 g/mol. The van der Waals surface area contributed by atoms with Gasteiger partial charge in [0.1, 0.15) is 0 Å². The van der Waals surface area contributed by atoms with E-state index in [4.69, 9.17) is 0 Å². The van der Waals surface area contributed by atoms with Crippen molar-refractivity contribution in [2.24, 2.45) is 4.99 Å². The minimum absolute atomic E-state index is 0.983. The van der Waals surface area contributed by atoms with Crippen molar-refractivity contribution >= 4 is 11.9 Å².